The largest absolute Gasteiger partial charge is 0.378 e. The Bertz CT molecular complexity index is 654. The van der Waals surface area contributed by atoms with Gasteiger partial charge in [-0.3, -0.25) is 10.1 Å². The molecule has 0 spiro atoms. The van der Waals surface area contributed by atoms with Crippen molar-refractivity contribution in [2.75, 3.05) is 22.9 Å². The van der Waals surface area contributed by atoms with E-state index in [2.05, 4.69) is 0 Å². The Morgan fingerprint density at radius 1 is 0.909 bits per heavy atom. The molecule has 0 bridgehead atoms. The first kappa shape index (κ1) is 14.4. The number of nitro groups is 1. The zero-order chi connectivity index (χ0) is 15.5. The lowest BCUT2D eigenvalue weighted by Gasteiger charge is -2.23. The van der Waals surface area contributed by atoms with Crippen LogP contribution in [0.25, 0.3) is 0 Å². The average Bonchev–Trinajstić information content (AvgIpc) is 3.00. The molecule has 5 nitrogen and oxygen atoms in total. The van der Waals surface area contributed by atoms with Gasteiger partial charge in [-0.05, 0) is 35.9 Å². The van der Waals surface area contributed by atoms with Crippen molar-refractivity contribution in [2.24, 2.45) is 0 Å². The second-order valence-corrected chi connectivity index (χ2v) is 5.20. The van der Waals surface area contributed by atoms with Gasteiger partial charge in [-0.25, -0.2) is 0 Å². The summed E-state index contributed by atoms with van der Waals surface area (Å²) in [7, 11) is 0. The van der Waals surface area contributed by atoms with Crippen LogP contribution in [0.3, 0.4) is 0 Å². The highest BCUT2D eigenvalue weighted by atomic mass is 35.5. The molecule has 2 aromatic carbocycles. The molecule has 1 aliphatic heterocycles. The molecule has 0 radical (unpaired) electrons. The van der Waals surface area contributed by atoms with Gasteiger partial charge in [-0.15, -0.1) is 0 Å². The van der Waals surface area contributed by atoms with Crippen molar-refractivity contribution < 1.29 is 4.92 Å². The summed E-state index contributed by atoms with van der Waals surface area (Å²) in [5.74, 6) is 0.407. The van der Waals surface area contributed by atoms with Crippen molar-refractivity contribution in [3.05, 3.63) is 81.8 Å². The summed E-state index contributed by atoms with van der Waals surface area (Å²) in [6, 6.07) is 19.1. The summed E-state index contributed by atoms with van der Waals surface area (Å²) in [4.78, 5) is 14.4. The third-order valence-electron chi connectivity index (χ3n) is 3.54. The molecule has 0 aliphatic carbocycles. The van der Waals surface area contributed by atoms with Gasteiger partial charge < -0.3 is 9.80 Å². The summed E-state index contributed by atoms with van der Waals surface area (Å²) < 4.78 is 0. The van der Waals surface area contributed by atoms with Gasteiger partial charge in [-0.2, -0.15) is 0 Å². The maximum absolute atomic E-state index is 11.2. The molecule has 0 aromatic heterocycles. The quantitative estimate of drug-likeness (QED) is 0.493. The maximum Gasteiger partial charge on any atom is 0.378 e. The fraction of sp³-hybridized carbons (Fsp3) is 0.125. The molecule has 1 aliphatic rings. The smallest absolute Gasteiger partial charge is 0.319 e. The summed E-state index contributed by atoms with van der Waals surface area (Å²) in [6.45, 7) is 1.27. The molecule has 1 heterocycles. The van der Waals surface area contributed by atoms with Crippen LogP contribution in [0.1, 0.15) is 0 Å². The first-order valence-electron chi connectivity index (χ1n) is 6.88. The molecule has 112 valence electrons. The Morgan fingerprint density at radius 2 is 1.32 bits per heavy atom. The molecule has 1 fully saturated rings. The van der Waals surface area contributed by atoms with Crippen LogP contribution < -0.4 is 9.80 Å². The molecular formula is C16H14ClN3O2. The molecule has 0 saturated carbocycles. The minimum Gasteiger partial charge on any atom is -0.319 e. The fourth-order valence-electron chi connectivity index (χ4n) is 2.58. The number of rotatable bonds is 3. The van der Waals surface area contributed by atoms with E-state index in [1.165, 1.54) is 0 Å². The van der Waals surface area contributed by atoms with E-state index in [-0.39, 0.29) is 5.16 Å². The molecule has 0 N–H and O–H groups in total. The molecular weight excluding hydrogens is 302 g/mol. The molecule has 0 unspecified atom stereocenters. The van der Waals surface area contributed by atoms with Gasteiger partial charge in [0.15, 0.2) is 0 Å². The van der Waals surface area contributed by atoms with Crippen LogP contribution in [0.15, 0.2) is 71.6 Å². The Hall–Kier alpha value is -2.53. The lowest BCUT2D eigenvalue weighted by atomic mass is 10.3. The normalized spacial score (nSPS) is 14.3. The maximum atomic E-state index is 11.2. The van der Waals surface area contributed by atoms with Crippen LogP contribution in [0.5, 0.6) is 0 Å². The Morgan fingerprint density at radius 3 is 1.68 bits per heavy atom. The van der Waals surface area contributed by atoms with Crippen molar-refractivity contribution >= 4 is 23.0 Å². The fourth-order valence-corrected chi connectivity index (χ4v) is 2.78. The van der Waals surface area contributed by atoms with Gasteiger partial charge in [0.05, 0.1) is 4.92 Å². The predicted octanol–water partition coefficient (Wildman–Crippen LogP) is 3.66. The van der Waals surface area contributed by atoms with Crippen LogP contribution in [-0.2, 0) is 0 Å². The van der Waals surface area contributed by atoms with Gasteiger partial charge in [0.25, 0.3) is 0 Å². The summed E-state index contributed by atoms with van der Waals surface area (Å²) in [6.07, 6.45) is 0. The van der Waals surface area contributed by atoms with Crippen LogP contribution in [-0.4, -0.2) is 18.0 Å². The van der Waals surface area contributed by atoms with Gasteiger partial charge in [0, 0.05) is 24.5 Å². The standard InChI is InChI=1S/C16H14ClN3O2/c17-15(20(21)22)16-18(13-7-3-1-4-8-13)11-12-19(16)14-9-5-2-6-10-14/h1-10H,11-12H2. The molecule has 22 heavy (non-hydrogen) atoms. The monoisotopic (exact) mass is 315 g/mol. The molecule has 3 rings (SSSR count). The van der Waals surface area contributed by atoms with Crippen molar-refractivity contribution in [1.82, 2.24) is 0 Å². The zero-order valence-electron chi connectivity index (χ0n) is 11.7. The highest BCUT2D eigenvalue weighted by molar-refractivity contribution is 6.28. The number of anilines is 2. The lowest BCUT2D eigenvalue weighted by Crippen LogP contribution is -2.25. The highest BCUT2D eigenvalue weighted by Gasteiger charge is 2.34. The van der Waals surface area contributed by atoms with E-state index in [1.54, 1.807) is 0 Å². The van der Waals surface area contributed by atoms with E-state index in [9.17, 15) is 10.1 Å². The van der Waals surface area contributed by atoms with E-state index in [4.69, 9.17) is 11.6 Å². The number of halogens is 1. The molecule has 1 saturated heterocycles. The Kier molecular flexibility index (Phi) is 3.98. The number of hydrogen-bond acceptors (Lipinski definition) is 4. The minimum atomic E-state index is -0.548. The van der Waals surface area contributed by atoms with E-state index in [0.29, 0.717) is 18.9 Å². The number of benzene rings is 2. The zero-order valence-corrected chi connectivity index (χ0v) is 12.5. The van der Waals surface area contributed by atoms with Gasteiger partial charge in [-0.1, -0.05) is 36.4 Å². The second kappa shape index (κ2) is 6.07. The highest BCUT2D eigenvalue weighted by Crippen LogP contribution is 2.33. The molecule has 0 amide bonds. The van der Waals surface area contributed by atoms with Gasteiger partial charge >= 0.3 is 5.16 Å². The van der Waals surface area contributed by atoms with E-state index in [1.807, 2.05) is 70.5 Å². The first-order valence-corrected chi connectivity index (χ1v) is 7.25. The average molecular weight is 316 g/mol. The van der Waals surface area contributed by atoms with E-state index in [0.717, 1.165) is 11.4 Å². The second-order valence-electron chi connectivity index (χ2n) is 4.85. The third kappa shape index (κ3) is 2.63. The van der Waals surface area contributed by atoms with Crippen LogP contribution >= 0.6 is 11.6 Å². The van der Waals surface area contributed by atoms with Crippen molar-refractivity contribution in [1.29, 1.82) is 0 Å². The summed E-state index contributed by atoms with van der Waals surface area (Å²) in [5, 5.41) is 10.8. The molecule has 0 atom stereocenters. The van der Waals surface area contributed by atoms with Crippen LogP contribution in [0.2, 0.25) is 0 Å². The van der Waals surface area contributed by atoms with Crippen LogP contribution in [0.4, 0.5) is 11.4 Å². The third-order valence-corrected chi connectivity index (χ3v) is 3.85. The van der Waals surface area contributed by atoms with Crippen molar-refractivity contribution in [3.8, 4) is 0 Å². The SMILES string of the molecule is O=[N+]([O-])C(Cl)=C1N(c2ccccc2)CCN1c1ccccc1. The number of hydrogen-bond donors (Lipinski definition) is 0. The van der Waals surface area contributed by atoms with E-state index < -0.39 is 4.92 Å². The Balaban J connectivity index is 2.07. The molecule has 6 heteroatoms. The van der Waals surface area contributed by atoms with E-state index >= 15 is 0 Å². The topological polar surface area (TPSA) is 49.6 Å². The Labute approximate surface area is 133 Å². The first-order chi connectivity index (χ1) is 10.7. The summed E-state index contributed by atoms with van der Waals surface area (Å²) >= 11 is 6.01. The van der Waals surface area contributed by atoms with Crippen molar-refractivity contribution in [3.63, 3.8) is 0 Å². The number of para-hydroxylation sites is 2. The van der Waals surface area contributed by atoms with Gasteiger partial charge in [0.2, 0.25) is 5.82 Å². The number of nitrogens with zero attached hydrogens (tertiary/aromatic N) is 3. The minimum absolute atomic E-state index is 0.370. The summed E-state index contributed by atoms with van der Waals surface area (Å²) in [5.41, 5.74) is 1.77. The predicted molar refractivity (Wildman–Crippen MR) is 87.4 cm³/mol. The van der Waals surface area contributed by atoms with Crippen molar-refractivity contribution in [2.45, 2.75) is 0 Å². The molecule has 2 aromatic rings. The lowest BCUT2D eigenvalue weighted by molar-refractivity contribution is -0.413. The van der Waals surface area contributed by atoms with Crippen LogP contribution in [0, 0.1) is 10.1 Å². The van der Waals surface area contributed by atoms with Gasteiger partial charge in [0.1, 0.15) is 0 Å².